The number of hydrogen-bond donors (Lipinski definition) is 1. The van der Waals surface area contributed by atoms with E-state index in [0.717, 1.165) is 5.56 Å². The van der Waals surface area contributed by atoms with Crippen LogP contribution in [0.15, 0.2) is 48.8 Å². The van der Waals surface area contributed by atoms with E-state index >= 15 is 0 Å². The van der Waals surface area contributed by atoms with Gasteiger partial charge in [0.05, 0.1) is 5.69 Å². The molecule has 1 aromatic heterocycles. The zero-order valence-electron chi connectivity index (χ0n) is 13.4. The predicted molar refractivity (Wildman–Crippen MR) is 89.6 cm³/mol. The van der Waals surface area contributed by atoms with E-state index in [1.165, 1.54) is 0 Å². The number of pyridine rings is 1. The highest BCUT2D eigenvalue weighted by Crippen LogP contribution is 2.33. The Morgan fingerprint density at radius 2 is 2.12 bits per heavy atom. The molecule has 0 bridgehead atoms. The number of anilines is 1. The van der Waals surface area contributed by atoms with E-state index in [1.54, 1.807) is 24.2 Å². The van der Waals surface area contributed by atoms with Crippen molar-refractivity contribution in [3.63, 3.8) is 0 Å². The SMILES string of the molecule is C[C@@H]1Oc2ccccc2N(CCC(=O)NCc2cccnc2)C1=O. The quantitative estimate of drug-likeness (QED) is 0.911. The van der Waals surface area contributed by atoms with Crippen molar-refractivity contribution >= 4 is 17.5 Å². The van der Waals surface area contributed by atoms with Crippen molar-refractivity contribution in [1.29, 1.82) is 0 Å². The first kappa shape index (κ1) is 16.0. The fourth-order valence-corrected chi connectivity index (χ4v) is 2.59. The molecule has 6 heteroatoms. The summed E-state index contributed by atoms with van der Waals surface area (Å²) in [6, 6.07) is 11.1. The Labute approximate surface area is 140 Å². The fraction of sp³-hybridized carbons (Fsp3) is 0.278. The second kappa shape index (κ2) is 7.12. The molecule has 0 unspecified atom stereocenters. The van der Waals surface area contributed by atoms with Gasteiger partial charge in [-0.25, -0.2) is 0 Å². The summed E-state index contributed by atoms with van der Waals surface area (Å²) >= 11 is 0. The van der Waals surface area contributed by atoms with Crippen molar-refractivity contribution in [3.05, 3.63) is 54.4 Å². The first-order valence-corrected chi connectivity index (χ1v) is 7.88. The van der Waals surface area contributed by atoms with Crippen LogP contribution in [-0.4, -0.2) is 29.4 Å². The maximum atomic E-state index is 12.3. The molecule has 1 N–H and O–H groups in total. The Balaban J connectivity index is 1.59. The van der Waals surface area contributed by atoms with Crippen LogP contribution in [0.2, 0.25) is 0 Å². The number of nitrogens with one attached hydrogen (secondary N) is 1. The van der Waals surface area contributed by atoms with Crippen LogP contribution in [0.4, 0.5) is 5.69 Å². The molecule has 24 heavy (non-hydrogen) atoms. The molecule has 2 amide bonds. The minimum absolute atomic E-state index is 0.108. The number of rotatable bonds is 5. The topological polar surface area (TPSA) is 71.5 Å². The van der Waals surface area contributed by atoms with Crippen LogP contribution in [0.25, 0.3) is 0 Å². The van der Waals surface area contributed by atoms with Gasteiger partial charge in [0.15, 0.2) is 6.10 Å². The predicted octanol–water partition coefficient (Wildman–Crippen LogP) is 1.90. The Hall–Kier alpha value is -2.89. The lowest BCUT2D eigenvalue weighted by atomic mass is 10.1. The van der Waals surface area contributed by atoms with E-state index in [1.807, 2.05) is 36.4 Å². The van der Waals surface area contributed by atoms with Gasteiger partial charge in [-0.1, -0.05) is 18.2 Å². The van der Waals surface area contributed by atoms with Gasteiger partial charge in [-0.3, -0.25) is 14.6 Å². The highest BCUT2D eigenvalue weighted by Gasteiger charge is 2.31. The van der Waals surface area contributed by atoms with Crippen LogP contribution in [-0.2, 0) is 16.1 Å². The van der Waals surface area contributed by atoms with Gasteiger partial charge >= 0.3 is 0 Å². The highest BCUT2D eigenvalue weighted by molar-refractivity contribution is 6.00. The molecule has 1 aromatic carbocycles. The lowest BCUT2D eigenvalue weighted by Crippen LogP contribution is -2.45. The molecule has 0 radical (unpaired) electrons. The van der Waals surface area contributed by atoms with Crippen molar-refractivity contribution in [2.45, 2.75) is 26.0 Å². The molecule has 2 heterocycles. The van der Waals surface area contributed by atoms with E-state index in [4.69, 9.17) is 4.74 Å². The van der Waals surface area contributed by atoms with Crippen molar-refractivity contribution in [3.8, 4) is 5.75 Å². The van der Waals surface area contributed by atoms with Crippen LogP contribution in [0.3, 0.4) is 0 Å². The summed E-state index contributed by atoms with van der Waals surface area (Å²) in [6.07, 6.45) is 3.09. The third-order valence-corrected chi connectivity index (χ3v) is 3.85. The minimum Gasteiger partial charge on any atom is -0.479 e. The van der Waals surface area contributed by atoms with Crippen molar-refractivity contribution in [2.24, 2.45) is 0 Å². The number of amides is 2. The van der Waals surface area contributed by atoms with Gasteiger partial charge in [0.1, 0.15) is 5.75 Å². The van der Waals surface area contributed by atoms with Crippen LogP contribution >= 0.6 is 0 Å². The Morgan fingerprint density at radius 3 is 2.92 bits per heavy atom. The summed E-state index contributed by atoms with van der Waals surface area (Å²) in [5.74, 6) is 0.428. The molecule has 1 atom stereocenters. The highest BCUT2D eigenvalue weighted by atomic mass is 16.5. The molecular formula is C18H19N3O3. The van der Waals surface area contributed by atoms with Crippen LogP contribution in [0.1, 0.15) is 18.9 Å². The van der Waals surface area contributed by atoms with Gasteiger partial charge < -0.3 is 15.0 Å². The average Bonchev–Trinajstić information content (AvgIpc) is 2.61. The minimum atomic E-state index is -0.543. The van der Waals surface area contributed by atoms with Crippen LogP contribution in [0.5, 0.6) is 5.75 Å². The Bertz CT molecular complexity index is 733. The molecular weight excluding hydrogens is 306 g/mol. The second-order valence-corrected chi connectivity index (χ2v) is 5.61. The third-order valence-electron chi connectivity index (χ3n) is 3.85. The van der Waals surface area contributed by atoms with Crippen LogP contribution in [0, 0.1) is 0 Å². The maximum absolute atomic E-state index is 12.3. The lowest BCUT2D eigenvalue weighted by Gasteiger charge is -2.32. The average molecular weight is 325 g/mol. The van der Waals surface area contributed by atoms with Gasteiger partial charge in [-0.05, 0) is 30.7 Å². The maximum Gasteiger partial charge on any atom is 0.267 e. The van der Waals surface area contributed by atoms with E-state index in [2.05, 4.69) is 10.3 Å². The normalized spacial score (nSPS) is 16.3. The molecule has 1 aliphatic rings. The molecule has 1 aliphatic heterocycles. The summed E-state index contributed by atoms with van der Waals surface area (Å²) in [5, 5.41) is 2.84. The first-order valence-electron chi connectivity index (χ1n) is 7.88. The van der Waals surface area contributed by atoms with Gasteiger partial charge in [0.25, 0.3) is 5.91 Å². The third kappa shape index (κ3) is 3.53. The number of fused-ring (bicyclic) bond motifs is 1. The van der Waals surface area contributed by atoms with Gasteiger partial charge in [0, 0.05) is 31.9 Å². The number of para-hydroxylation sites is 2. The molecule has 3 rings (SSSR count). The van der Waals surface area contributed by atoms with E-state index in [0.29, 0.717) is 24.5 Å². The molecule has 0 saturated carbocycles. The van der Waals surface area contributed by atoms with Crippen molar-refractivity contribution in [2.75, 3.05) is 11.4 Å². The first-order chi connectivity index (χ1) is 11.6. The second-order valence-electron chi connectivity index (χ2n) is 5.61. The number of carbonyl (C=O) groups excluding carboxylic acids is 2. The summed E-state index contributed by atoms with van der Waals surface area (Å²) < 4.78 is 5.59. The molecule has 0 fully saturated rings. The van der Waals surface area contributed by atoms with Crippen LogP contribution < -0.4 is 15.0 Å². The molecule has 0 aliphatic carbocycles. The number of carbonyl (C=O) groups is 2. The largest absolute Gasteiger partial charge is 0.479 e. The lowest BCUT2D eigenvalue weighted by molar-refractivity contribution is -0.125. The zero-order chi connectivity index (χ0) is 16.9. The zero-order valence-corrected chi connectivity index (χ0v) is 13.4. The van der Waals surface area contributed by atoms with E-state index < -0.39 is 6.10 Å². The fourth-order valence-electron chi connectivity index (χ4n) is 2.59. The standard InChI is InChI=1S/C18H19N3O3/c1-13-18(23)21(15-6-2-3-7-16(15)24-13)10-8-17(22)20-12-14-5-4-9-19-11-14/h2-7,9,11,13H,8,10,12H2,1H3,(H,20,22)/t13-/m0/s1. The number of nitrogens with zero attached hydrogens (tertiary/aromatic N) is 2. The number of aromatic nitrogens is 1. The van der Waals surface area contributed by atoms with Crippen molar-refractivity contribution in [1.82, 2.24) is 10.3 Å². The number of ether oxygens (including phenoxy) is 1. The van der Waals surface area contributed by atoms with Crippen molar-refractivity contribution < 1.29 is 14.3 Å². The summed E-state index contributed by atoms with van der Waals surface area (Å²) in [5.41, 5.74) is 1.65. The van der Waals surface area contributed by atoms with Gasteiger partial charge in [-0.15, -0.1) is 0 Å². The molecule has 124 valence electrons. The van der Waals surface area contributed by atoms with Gasteiger partial charge in [0.2, 0.25) is 5.91 Å². The number of hydrogen-bond acceptors (Lipinski definition) is 4. The van der Waals surface area contributed by atoms with E-state index in [9.17, 15) is 9.59 Å². The molecule has 2 aromatic rings. The Morgan fingerprint density at radius 1 is 1.29 bits per heavy atom. The van der Waals surface area contributed by atoms with E-state index in [-0.39, 0.29) is 18.2 Å². The summed E-state index contributed by atoms with van der Waals surface area (Å²) in [4.78, 5) is 30.0. The Kier molecular flexibility index (Phi) is 4.74. The molecule has 6 nitrogen and oxygen atoms in total. The summed E-state index contributed by atoms with van der Waals surface area (Å²) in [7, 11) is 0. The molecule has 0 spiro atoms. The summed E-state index contributed by atoms with van der Waals surface area (Å²) in [6.45, 7) is 2.47. The smallest absolute Gasteiger partial charge is 0.267 e. The van der Waals surface area contributed by atoms with Gasteiger partial charge in [-0.2, -0.15) is 0 Å². The molecule has 0 saturated heterocycles. The number of benzene rings is 1. The monoisotopic (exact) mass is 325 g/mol.